The molecule has 3 aliphatic rings. The molecule has 0 saturated carbocycles. The number of carbonyl (C=O) groups is 1. The number of carbonyl (C=O) groups excluding carboxylic acids is 1. The van der Waals surface area contributed by atoms with Crippen LogP contribution in [-0.4, -0.2) is 48.2 Å². The fraction of sp³-hybridized carbons (Fsp3) is 0.650. The molecule has 27 heavy (non-hydrogen) atoms. The maximum atomic E-state index is 13.1. The zero-order valence-electron chi connectivity index (χ0n) is 16.6. The lowest BCUT2D eigenvalue weighted by Gasteiger charge is -2.36. The first-order valence-electron chi connectivity index (χ1n) is 9.29. The zero-order valence-corrected chi connectivity index (χ0v) is 16.6. The largest absolute Gasteiger partial charge is 0.342 e. The van der Waals surface area contributed by atoms with E-state index >= 15 is 0 Å². The molecule has 0 radical (unpaired) electrons. The molecule has 7 heteroatoms. The van der Waals surface area contributed by atoms with Gasteiger partial charge in [0.2, 0.25) is 0 Å². The van der Waals surface area contributed by atoms with Crippen molar-refractivity contribution in [2.24, 2.45) is 0 Å². The minimum Gasteiger partial charge on any atom is -0.342 e. The van der Waals surface area contributed by atoms with Gasteiger partial charge in [0.15, 0.2) is 24.0 Å². The molecular weight excluding hydrogens is 350 g/mol. The normalized spacial score (nSPS) is 36.1. The minimum atomic E-state index is -0.865. The Hall–Kier alpha value is -1.51. The average molecular weight is 377 g/mol. The van der Waals surface area contributed by atoms with Crippen molar-refractivity contribution < 1.29 is 28.5 Å². The number of nitrogens with one attached hydrogen (secondary N) is 1. The SMILES string of the molecule is Cc1ccc(C)c(NC(=O)[C@@H]2O[C@@H]3OC(C)(C)O[C@@H]3[C@@H]3OC(C)(C)O[C@H]32)c1. The van der Waals surface area contributed by atoms with Gasteiger partial charge in [-0.15, -0.1) is 0 Å². The van der Waals surface area contributed by atoms with E-state index in [1.54, 1.807) is 0 Å². The third kappa shape index (κ3) is 3.50. The second-order valence-electron chi connectivity index (χ2n) is 8.40. The van der Waals surface area contributed by atoms with Crippen LogP contribution in [0.4, 0.5) is 5.69 Å². The predicted octanol–water partition coefficient (Wildman–Crippen LogP) is 2.64. The lowest BCUT2D eigenvalue weighted by molar-refractivity contribution is -0.229. The van der Waals surface area contributed by atoms with Gasteiger partial charge in [-0.3, -0.25) is 4.79 Å². The van der Waals surface area contributed by atoms with Gasteiger partial charge in [-0.25, -0.2) is 0 Å². The van der Waals surface area contributed by atoms with Crippen LogP contribution in [0, 0.1) is 13.8 Å². The number of ether oxygens (including phenoxy) is 5. The van der Waals surface area contributed by atoms with Gasteiger partial charge in [0.1, 0.15) is 18.3 Å². The summed E-state index contributed by atoms with van der Waals surface area (Å²) in [6.07, 6.45) is -3.03. The van der Waals surface area contributed by atoms with Crippen molar-refractivity contribution in [3.8, 4) is 0 Å². The van der Waals surface area contributed by atoms with Crippen molar-refractivity contribution in [1.82, 2.24) is 0 Å². The Labute approximate surface area is 159 Å². The predicted molar refractivity (Wildman–Crippen MR) is 97.1 cm³/mol. The summed E-state index contributed by atoms with van der Waals surface area (Å²) in [5.41, 5.74) is 2.79. The fourth-order valence-electron chi connectivity index (χ4n) is 3.90. The fourth-order valence-corrected chi connectivity index (χ4v) is 3.90. The van der Waals surface area contributed by atoms with Crippen LogP contribution in [0.3, 0.4) is 0 Å². The molecule has 4 rings (SSSR count). The molecule has 0 unspecified atom stereocenters. The van der Waals surface area contributed by atoms with Gasteiger partial charge >= 0.3 is 0 Å². The van der Waals surface area contributed by atoms with Crippen molar-refractivity contribution in [2.75, 3.05) is 5.32 Å². The van der Waals surface area contributed by atoms with E-state index in [9.17, 15) is 4.79 Å². The lowest BCUT2D eigenvalue weighted by Crippen LogP contribution is -2.58. The number of hydrogen-bond acceptors (Lipinski definition) is 6. The highest BCUT2D eigenvalue weighted by atomic mass is 16.9. The van der Waals surface area contributed by atoms with Gasteiger partial charge in [0, 0.05) is 5.69 Å². The number of aryl methyl sites for hydroxylation is 2. The molecule has 0 aliphatic carbocycles. The maximum Gasteiger partial charge on any atom is 0.256 e. The molecule has 148 valence electrons. The second-order valence-corrected chi connectivity index (χ2v) is 8.40. The van der Waals surface area contributed by atoms with E-state index in [-0.39, 0.29) is 5.91 Å². The van der Waals surface area contributed by atoms with Crippen molar-refractivity contribution in [3.05, 3.63) is 29.3 Å². The number of rotatable bonds is 2. The molecule has 0 aromatic heterocycles. The van der Waals surface area contributed by atoms with Gasteiger partial charge in [0.05, 0.1) is 0 Å². The molecule has 0 bridgehead atoms. The van der Waals surface area contributed by atoms with Crippen LogP contribution in [-0.2, 0) is 28.5 Å². The highest BCUT2D eigenvalue weighted by Gasteiger charge is 2.62. The first kappa shape index (κ1) is 18.8. The van der Waals surface area contributed by atoms with Crippen molar-refractivity contribution in [2.45, 2.75) is 83.8 Å². The summed E-state index contributed by atoms with van der Waals surface area (Å²) in [7, 11) is 0. The van der Waals surface area contributed by atoms with Gasteiger partial charge in [-0.1, -0.05) is 12.1 Å². The molecule has 1 aromatic rings. The molecule has 1 N–H and O–H groups in total. The second kappa shape index (κ2) is 6.25. The summed E-state index contributed by atoms with van der Waals surface area (Å²) >= 11 is 0. The smallest absolute Gasteiger partial charge is 0.256 e. The molecular formula is C20H27NO6. The molecule has 1 aromatic carbocycles. The highest BCUT2D eigenvalue weighted by Crippen LogP contribution is 2.44. The summed E-state index contributed by atoms with van der Waals surface area (Å²) in [5, 5.41) is 2.97. The van der Waals surface area contributed by atoms with E-state index in [0.29, 0.717) is 0 Å². The lowest BCUT2D eigenvalue weighted by atomic mass is 9.98. The van der Waals surface area contributed by atoms with Crippen LogP contribution < -0.4 is 5.32 Å². The monoisotopic (exact) mass is 377 g/mol. The number of anilines is 1. The van der Waals surface area contributed by atoms with E-state index in [0.717, 1.165) is 16.8 Å². The topological polar surface area (TPSA) is 75.3 Å². The first-order valence-corrected chi connectivity index (χ1v) is 9.29. The van der Waals surface area contributed by atoms with E-state index in [2.05, 4.69) is 5.32 Å². The van der Waals surface area contributed by atoms with E-state index < -0.39 is 42.3 Å². The van der Waals surface area contributed by atoms with Crippen LogP contribution in [0.15, 0.2) is 18.2 Å². The van der Waals surface area contributed by atoms with Crippen LogP contribution in [0.5, 0.6) is 0 Å². The van der Waals surface area contributed by atoms with Gasteiger partial charge in [0.25, 0.3) is 5.91 Å². The number of benzene rings is 1. The zero-order chi connectivity index (χ0) is 19.6. The highest BCUT2D eigenvalue weighted by molar-refractivity contribution is 5.95. The molecule has 3 aliphatic heterocycles. The number of hydrogen-bond donors (Lipinski definition) is 1. The minimum absolute atomic E-state index is 0.285. The quantitative estimate of drug-likeness (QED) is 0.854. The molecule has 3 saturated heterocycles. The van der Waals surface area contributed by atoms with E-state index in [1.807, 2.05) is 59.7 Å². The van der Waals surface area contributed by atoms with Crippen molar-refractivity contribution in [3.63, 3.8) is 0 Å². The average Bonchev–Trinajstić information content (AvgIpc) is 3.04. The summed E-state index contributed by atoms with van der Waals surface area (Å²) in [6.45, 7) is 11.2. The third-order valence-electron chi connectivity index (χ3n) is 5.06. The van der Waals surface area contributed by atoms with Gasteiger partial charge in [-0.2, -0.15) is 0 Å². The van der Waals surface area contributed by atoms with Crippen molar-refractivity contribution >= 4 is 11.6 Å². The molecule has 3 heterocycles. The Bertz CT molecular complexity index is 761. The Morgan fingerprint density at radius 1 is 0.926 bits per heavy atom. The van der Waals surface area contributed by atoms with Crippen LogP contribution >= 0.6 is 0 Å². The Morgan fingerprint density at radius 2 is 1.56 bits per heavy atom. The van der Waals surface area contributed by atoms with E-state index in [4.69, 9.17) is 23.7 Å². The molecule has 1 amide bonds. The number of fused-ring (bicyclic) bond motifs is 3. The third-order valence-corrected chi connectivity index (χ3v) is 5.06. The van der Waals surface area contributed by atoms with E-state index in [1.165, 1.54) is 0 Å². The molecule has 0 spiro atoms. The molecule has 3 fully saturated rings. The summed E-state index contributed by atoms with van der Waals surface area (Å²) in [6, 6.07) is 5.91. The Morgan fingerprint density at radius 3 is 2.30 bits per heavy atom. The molecule has 7 nitrogen and oxygen atoms in total. The van der Waals surface area contributed by atoms with Crippen LogP contribution in [0.25, 0.3) is 0 Å². The Balaban J connectivity index is 1.60. The standard InChI is InChI=1S/C20H27NO6/c1-10-7-8-11(2)12(9-10)21-17(22)15-13-14(25-19(3,4)24-13)16-18(23-15)27-20(5,6)26-16/h7-9,13-16,18H,1-6H3,(H,21,22)/t13-,14-,15-,16-,18-/m1/s1. The first-order chi connectivity index (χ1) is 12.5. The van der Waals surface area contributed by atoms with Crippen molar-refractivity contribution in [1.29, 1.82) is 0 Å². The maximum absolute atomic E-state index is 13.1. The number of amides is 1. The summed E-state index contributed by atoms with van der Waals surface area (Å²) in [4.78, 5) is 13.1. The van der Waals surface area contributed by atoms with Gasteiger partial charge < -0.3 is 29.0 Å². The summed E-state index contributed by atoms with van der Waals surface area (Å²) < 4.78 is 29.8. The Kier molecular flexibility index (Phi) is 4.36. The van der Waals surface area contributed by atoms with Gasteiger partial charge in [-0.05, 0) is 58.7 Å². The molecule has 5 atom stereocenters. The summed E-state index contributed by atoms with van der Waals surface area (Å²) in [5.74, 6) is -1.93. The van der Waals surface area contributed by atoms with Crippen LogP contribution in [0.1, 0.15) is 38.8 Å². The van der Waals surface area contributed by atoms with Crippen LogP contribution in [0.2, 0.25) is 0 Å².